The summed E-state index contributed by atoms with van der Waals surface area (Å²) in [5.74, 6) is -1.06. The second kappa shape index (κ2) is 7.06. The Morgan fingerprint density at radius 3 is 2.92 bits per heavy atom. The van der Waals surface area contributed by atoms with Crippen LogP contribution in [0.3, 0.4) is 0 Å². The van der Waals surface area contributed by atoms with Crippen molar-refractivity contribution in [3.8, 4) is 0 Å². The van der Waals surface area contributed by atoms with Gasteiger partial charge in [-0.05, 0) is 24.1 Å². The molecule has 4 amide bonds. The third kappa shape index (κ3) is 3.71. The minimum absolute atomic E-state index is 0.162. The normalized spacial score (nSPS) is 25.4. The molecule has 2 saturated heterocycles. The molecule has 0 unspecified atom stereocenters. The molecule has 9 heteroatoms. The fourth-order valence-corrected chi connectivity index (χ4v) is 3.15. The number of carbonyl (C=O) groups excluding carboxylic acids is 3. The monoisotopic (exact) mass is 350 g/mol. The SMILES string of the molecule is O=C(NCc1cccc(F)c1)N[C@H]1C[C@H]2C(=O)N[C@@H](CO)C(=O)N2C1. The smallest absolute Gasteiger partial charge is 0.315 e. The molecule has 0 saturated carbocycles. The van der Waals surface area contributed by atoms with Crippen molar-refractivity contribution in [2.24, 2.45) is 0 Å². The molecule has 25 heavy (non-hydrogen) atoms. The molecule has 8 nitrogen and oxygen atoms in total. The summed E-state index contributed by atoms with van der Waals surface area (Å²) in [4.78, 5) is 37.5. The third-order valence-corrected chi connectivity index (χ3v) is 4.36. The van der Waals surface area contributed by atoms with Crippen molar-refractivity contribution in [3.63, 3.8) is 0 Å². The Kier molecular flexibility index (Phi) is 4.84. The van der Waals surface area contributed by atoms with Gasteiger partial charge in [0.15, 0.2) is 0 Å². The predicted octanol–water partition coefficient (Wildman–Crippen LogP) is -0.915. The topological polar surface area (TPSA) is 111 Å². The number of piperazine rings is 1. The number of halogens is 1. The molecule has 2 aliphatic heterocycles. The van der Waals surface area contributed by atoms with E-state index in [4.69, 9.17) is 5.11 Å². The highest BCUT2D eigenvalue weighted by Gasteiger charge is 2.46. The Morgan fingerprint density at radius 2 is 2.20 bits per heavy atom. The van der Waals surface area contributed by atoms with E-state index in [1.165, 1.54) is 17.0 Å². The van der Waals surface area contributed by atoms with E-state index in [0.29, 0.717) is 12.0 Å². The summed E-state index contributed by atoms with van der Waals surface area (Å²) in [5, 5.41) is 16.9. The molecule has 134 valence electrons. The standard InChI is InChI=1S/C16H19FN4O4/c17-10-3-1-2-9(4-10)6-18-16(25)19-11-5-13-14(23)20-12(8-22)15(24)21(13)7-11/h1-4,11-13,22H,5-8H2,(H,20,23)(H2,18,19,25)/t11-,12-,13-/m0/s1. The number of urea groups is 1. The van der Waals surface area contributed by atoms with Crippen LogP contribution >= 0.6 is 0 Å². The quantitative estimate of drug-likeness (QED) is 0.563. The number of hydrogen-bond donors (Lipinski definition) is 4. The van der Waals surface area contributed by atoms with Crippen LogP contribution in [0.15, 0.2) is 24.3 Å². The molecule has 0 aromatic heterocycles. The van der Waals surface area contributed by atoms with Crippen molar-refractivity contribution in [2.45, 2.75) is 31.1 Å². The van der Waals surface area contributed by atoms with Gasteiger partial charge in [0, 0.05) is 13.1 Å². The highest BCUT2D eigenvalue weighted by molar-refractivity contribution is 5.97. The zero-order valence-electron chi connectivity index (χ0n) is 13.4. The second-order valence-corrected chi connectivity index (χ2v) is 6.14. The predicted molar refractivity (Wildman–Crippen MR) is 84.7 cm³/mol. The largest absolute Gasteiger partial charge is 0.394 e. The van der Waals surface area contributed by atoms with Crippen molar-refractivity contribution in [1.29, 1.82) is 0 Å². The van der Waals surface area contributed by atoms with Crippen LogP contribution in [0.1, 0.15) is 12.0 Å². The molecule has 1 aromatic carbocycles. The van der Waals surface area contributed by atoms with E-state index in [-0.39, 0.29) is 36.8 Å². The maximum absolute atomic E-state index is 13.1. The van der Waals surface area contributed by atoms with E-state index in [1.807, 2.05) is 0 Å². The average Bonchev–Trinajstić information content (AvgIpc) is 3.01. The number of aliphatic hydroxyl groups is 1. The van der Waals surface area contributed by atoms with E-state index in [1.54, 1.807) is 12.1 Å². The van der Waals surface area contributed by atoms with Gasteiger partial charge in [-0.3, -0.25) is 9.59 Å². The number of carbonyl (C=O) groups is 3. The van der Waals surface area contributed by atoms with Gasteiger partial charge in [-0.1, -0.05) is 12.1 Å². The molecule has 0 spiro atoms. The summed E-state index contributed by atoms with van der Waals surface area (Å²) < 4.78 is 13.1. The van der Waals surface area contributed by atoms with Gasteiger partial charge in [0.1, 0.15) is 17.9 Å². The Balaban J connectivity index is 1.53. The molecule has 3 atom stereocenters. The number of aliphatic hydroxyl groups excluding tert-OH is 1. The number of benzene rings is 1. The van der Waals surface area contributed by atoms with Crippen molar-refractivity contribution >= 4 is 17.8 Å². The van der Waals surface area contributed by atoms with Crippen molar-refractivity contribution in [2.75, 3.05) is 13.2 Å². The minimum atomic E-state index is -0.927. The number of nitrogens with one attached hydrogen (secondary N) is 3. The Labute approximate surface area is 143 Å². The van der Waals surface area contributed by atoms with Crippen molar-refractivity contribution in [3.05, 3.63) is 35.6 Å². The van der Waals surface area contributed by atoms with Gasteiger partial charge in [0.25, 0.3) is 0 Å². The van der Waals surface area contributed by atoms with Gasteiger partial charge < -0.3 is 26.0 Å². The summed E-state index contributed by atoms with van der Waals surface area (Å²) in [6.07, 6.45) is 0.309. The number of hydrogen-bond acceptors (Lipinski definition) is 4. The number of fused-ring (bicyclic) bond motifs is 1. The zero-order valence-corrected chi connectivity index (χ0v) is 13.4. The van der Waals surface area contributed by atoms with Crippen LogP contribution in [-0.2, 0) is 16.1 Å². The lowest BCUT2D eigenvalue weighted by atomic mass is 10.1. The maximum Gasteiger partial charge on any atom is 0.315 e. The van der Waals surface area contributed by atoms with Crippen LogP contribution in [0.4, 0.5) is 9.18 Å². The first-order valence-corrected chi connectivity index (χ1v) is 7.98. The fourth-order valence-electron chi connectivity index (χ4n) is 3.15. The minimum Gasteiger partial charge on any atom is -0.394 e. The molecule has 2 fully saturated rings. The van der Waals surface area contributed by atoms with Crippen molar-refractivity contribution < 1.29 is 23.9 Å². The molecule has 2 heterocycles. The fraction of sp³-hybridized carbons (Fsp3) is 0.438. The summed E-state index contributed by atoms with van der Waals surface area (Å²) in [7, 11) is 0. The number of nitrogens with zero attached hydrogens (tertiary/aromatic N) is 1. The zero-order chi connectivity index (χ0) is 18.0. The van der Waals surface area contributed by atoms with Crippen LogP contribution < -0.4 is 16.0 Å². The van der Waals surface area contributed by atoms with E-state index in [0.717, 1.165) is 0 Å². The lowest BCUT2D eigenvalue weighted by molar-refractivity contribution is -0.148. The van der Waals surface area contributed by atoms with Gasteiger partial charge in [-0.25, -0.2) is 9.18 Å². The van der Waals surface area contributed by atoms with E-state index in [2.05, 4.69) is 16.0 Å². The molecule has 2 aliphatic rings. The van der Waals surface area contributed by atoms with Gasteiger partial charge in [0.05, 0.1) is 12.6 Å². The van der Waals surface area contributed by atoms with Crippen LogP contribution in [0, 0.1) is 5.82 Å². The van der Waals surface area contributed by atoms with Crippen LogP contribution in [0.2, 0.25) is 0 Å². The van der Waals surface area contributed by atoms with E-state index in [9.17, 15) is 18.8 Å². The highest BCUT2D eigenvalue weighted by Crippen LogP contribution is 2.22. The molecular formula is C16H19FN4O4. The molecule has 0 bridgehead atoms. The Hall–Kier alpha value is -2.68. The Morgan fingerprint density at radius 1 is 1.40 bits per heavy atom. The molecule has 3 rings (SSSR count). The van der Waals surface area contributed by atoms with E-state index >= 15 is 0 Å². The van der Waals surface area contributed by atoms with Gasteiger partial charge in [-0.15, -0.1) is 0 Å². The summed E-state index contributed by atoms with van der Waals surface area (Å²) in [5.41, 5.74) is 0.624. The van der Waals surface area contributed by atoms with E-state index < -0.39 is 24.7 Å². The molecule has 1 aromatic rings. The highest BCUT2D eigenvalue weighted by atomic mass is 19.1. The summed E-state index contributed by atoms with van der Waals surface area (Å²) >= 11 is 0. The third-order valence-electron chi connectivity index (χ3n) is 4.36. The maximum atomic E-state index is 13.1. The Bertz CT molecular complexity index is 698. The first kappa shape index (κ1) is 17.2. The molecular weight excluding hydrogens is 331 g/mol. The van der Waals surface area contributed by atoms with Gasteiger partial charge >= 0.3 is 6.03 Å². The van der Waals surface area contributed by atoms with Crippen LogP contribution in [-0.4, -0.2) is 59.1 Å². The van der Waals surface area contributed by atoms with Crippen LogP contribution in [0.25, 0.3) is 0 Å². The van der Waals surface area contributed by atoms with Crippen molar-refractivity contribution in [1.82, 2.24) is 20.9 Å². The van der Waals surface area contributed by atoms with Crippen LogP contribution in [0.5, 0.6) is 0 Å². The second-order valence-electron chi connectivity index (χ2n) is 6.14. The average molecular weight is 350 g/mol. The molecule has 0 radical (unpaired) electrons. The summed E-state index contributed by atoms with van der Waals surface area (Å²) in [6, 6.07) is 3.50. The first-order chi connectivity index (χ1) is 12.0. The summed E-state index contributed by atoms with van der Waals surface area (Å²) in [6.45, 7) is -0.0870. The molecule has 4 N–H and O–H groups in total. The van der Waals surface area contributed by atoms with Gasteiger partial charge in [-0.2, -0.15) is 0 Å². The lowest BCUT2D eigenvalue weighted by Crippen LogP contribution is -2.62. The first-order valence-electron chi connectivity index (χ1n) is 7.98. The number of rotatable bonds is 4. The van der Waals surface area contributed by atoms with Gasteiger partial charge in [0.2, 0.25) is 11.8 Å². The number of amides is 4. The molecule has 0 aliphatic carbocycles. The lowest BCUT2D eigenvalue weighted by Gasteiger charge is -2.33.